The van der Waals surface area contributed by atoms with Crippen molar-refractivity contribution in [3.05, 3.63) is 60.2 Å². The highest BCUT2D eigenvalue weighted by Gasteiger charge is 2.45. The van der Waals surface area contributed by atoms with Crippen LogP contribution in [0.5, 0.6) is 0 Å². The molecule has 2 aliphatic rings. The lowest BCUT2D eigenvalue weighted by molar-refractivity contribution is -0.108. The molecule has 0 unspecified atom stereocenters. The van der Waals surface area contributed by atoms with E-state index in [0.29, 0.717) is 25.3 Å². The van der Waals surface area contributed by atoms with Gasteiger partial charge in [0.15, 0.2) is 0 Å². The zero-order chi connectivity index (χ0) is 17.1. The van der Waals surface area contributed by atoms with Crippen LogP contribution in [0, 0.1) is 0 Å². The molecule has 1 aliphatic carbocycles. The lowest BCUT2D eigenvalue weighted by Crippen LogP contribution is -2.53. The van der Waals surface area contributed by atoms with Crippen molar-refractivity contribution in [2.75, 3.05) is 13.2 Å². The third-order valence-corrected chi connectivity index (χ3v) is 4.91. The van der Waals surface area contributed by atoms with Gasteiger partial charge in [0.25, 0.3) is 5.91 Å². The molecule has 3 atom stereocenters. The van der Waals surface area contributed by atoms with Crippen LogP contribution in [0.4, 0.5) is 0 Å². The number of aromatic nitrogens is 2. The first-order valence-corrected chi connectivity index (χ1v) is 8.66. The Morgan fingerprint density at radius 3 is 2.88 bits per heavy atom. The molecule has 0 spiro atoms. The second-order valence-corrected chi connectivity index (χ2v) is 6.43. The van der Waals surface area contributed by atoms with E-state index in [4.69, 9.17) is 9.47 Å². The summed E-state index contributed by atoms with van der Waals surface area (Å²) in [7, 11) is 0. The van der Waals surface area contributed by atoms with E-state index in [1.807, 2.05) is 23.2 Å². The normalized spacial score (nSPS) is 25.6. The SMILES string of the molecule is O=C(c1ccncc1)N1CCO[C@@H]2[C@H]1CC[C@H]2OCc1cccnc1. The minimum Gasteiger partial charge on any atom is -0.372 e. The molecule has 1 saturated carbocycles. The van der Waals surface area contributed by atoms with E-state index in [0.717, 1.165) is 18.4 Å². The van der Waals surface area contributed by atoms with Gasteiger partial charge in [-0.05, 0) is 36.6 Å². The van der Waals surface area contributed by atoms with Gasteiger partial charge in [-0.1, -0.05) is 6.07 Å². The van der Waals surface area contributed by atoms with E-state index < -0.39 is 0 Å². The summed E-state index contributed by atoms with van der Waals surface area (Å²) in [6.45, 7) is 1.69. The smallest absolute Gasteiger partial charge is 0.254 e. The largest absolute Gasteiger partial charge is 0.372 e. The van der Waals surface area contributed by atoms with E-state index in [1.54, 1.807) is 30.7 Å². The topological polar surface area (TPSA) is 64.6 Å². The molecule has 2 aromatic heterocycles. The number of hydrogen-bond acceptors (Lipinski definition) is 5. The summed E-state index contributed by atoms with van der Waals surface area (Å²) >= 11 is 0. The standard InChI is InChI=1S/C19H21N3O3/c23-19(15-5-8-20-9-6-15)22-10-11-24-18-16(22)3-4-17(18)25-13-14-2-1-7-21-12-14/h1-2,5-9,12,16-18H,3-4,10-11,13H2/t16-,17-,18-/m1/s1. The van der Waals surface area contributed by atoms with E-state index in [2.05, 4.69) is 9.97 Å². The third kappa shape index (κ3) is 3.41. The summed E-state index contributed by atoms with van der Waals surface area (Å²) in [6, 6.07) is 7.51. The highest BCUT2D eigenvalue weighted by Crippen LogP contribution is 2.33. The van der Waals surface area contributed by atoms with Crippen LogP contribution in [0.1, 0.15) is 28.8 Å². The first kappa shape index (κ1) is 16.2. The Morgan fingerprint density at radius 2 is 2.08 bits per heavy atom. The predicted molar refractivity (Wildman–Crippen MR) is 90.8 cm³/mol. The van der Waals surface area contributed by atoms with Gasteiger partial charge in [-0.25, -0.2) is 0 Å². The quantitative estimate of drug-likeness (QED) is 0.853. The van der Waals surface area contributed by atoms with Crippen LogP contribution in [0.3, 0.4) is 0 Å². The molecular formula is C19H21N3O3. The van der Waals surface area contributed by atoms with Gasteiger partial charge in [-0.2, -0.15) is 0 Å². The summed E-state index contributed by atoms with van der Waals surface area (Å²) < 4.78 is 12.1. The number of morpholine rings is 1. The Bertz CT molecular complexity index is 710. The lowest BCUT2D eigenvalue weighted by Gasteiger charge is -2.39. The average Bonchev–Trinajstić information content (AvgIpc) is 3.10. The number of carbonyl (C=O) groups excluding carboxylic acids is 1. The third-order valence-electron chi connectivity index (χ3n) is 4.91. The molecule has 6 heteroatoms. The van der Waals surface area contributed by atoms with Crippen molar-refractivity contribution in [1.82, 2.24) is 14.9 Å². The number of fused-ring (bicyclic) bond motifs is 1. The molecule has 0 bridgehead atoms. The van der Waals surface area contributed by atoms with Crippen molar-refractivity contribution in [3.8, 4) is 0 Å². The van der Waals surface area contributed by atoms with Crippen molar-refractivity contribution in [2.45, 2.75) is 37.7 Å². The van der Waals surface area contributed by atoms with Gasteiger partial charge in [0.2, 0.25) is 0 Å². The fourth-order valence-electron chi connectivity index (χ4n) is 3.69. The van der Waals surface area contributed by atoms with Crippen molar-refractivity contribution in [2.24, 2.45) is 0 Å². The zero-order valence-electron chi connectivity index (χ0n) is 14.0. The molecule has 1 aliphatic heterocycles. The molecule has 4 rings (SSSR count). The summed E-state index contributed by atoms with van der Waals surface area (Å²) in [4.78, 5) is 22.9. The Hall–Kier alpha value is -2.31. The Labute approximate surface area is 146 Å². The van der Waals surface area contributed by atoms with E-state index >= 15 is 0 Å². The summed E-state index contributed by atoms with van der Waals surface area (Å²) in [5.41, 5.74) is 1.72. The minimum atomic E-state index is -0.0591. The fraction of sp³-hybridized carbons (Fsp3) is 0.421. The maximum atomic E-state index is 12.8. The Kier molecular flexibility index (Phi) is 4.72. The molecule has 3 heterocycles. The molecule has 0 radical (unpaired) electrons. The Balaban J connectivity index is 1.42. The monoisotopic (exact) mass is 339 g/mol. The maximum absolute atomic E-state index is 12.8. The van der Waals surface area contributed by atoms with Crippen molar-refractivity contribution in [3.63, 3.8) is 0 Å². The van der Waals surface area contributed by atoms with Crippen LogP contribution in [0.15, 0.2) is 49.1 Å². The number of hydrogen-bond donors (Lipinski definition) is 0. The first-order chi connectivity index (χ1) is 12.3. The highest BCUT2D eigenvalue weighted by atomic mass is 16.5. The van der Waals surface area contributed by atoms with E-state index in [9.17, 15) is 4.79 Å². The zero-order valence-corrected chi connectivity index (χ0v) is 14.0. The number of nitrogens with zero attached hydrogens (tertiary/aromatic N) is 3. The first-order valence-electron chi connectivity index (χ1n) is 8.66. The van der Waals surface area contributed by atoms with Crippen LogP contribution in [0.2, 0.25) is 0 Å². The van der Waals surface area contributed by atoms with Gasteiger partial charge < -0.3 is 14.4 Å². The van der Waals surface area contributed by atoms with E-state index in [-0.39, 0.29) is 24.2 Å². The van der Waals surface area contributed by atoms with Crippen molar-refractivity contribution < 1.29 is 14.3 Å². The van der Waals surface area contributed by atoms with Crippen molar-refractivity contribution in [1.29, 1.82) is 0 Å². The number of ether oxygens (including phenoxy) is 2. The number of pyridine rings is 2. The second-order valence-electron chi connectivity index (χ2n) is 6.43. The van der Waals surface area contributed by atoms with E-state index in [1.165, 1.54) is 0 Å². The van der Waals surface area contributed by atoms with Gasteiger partial charge in [-0.3, -0.25) is 14.8 Å². The molecule has 6 nitrogen and oxygen atoms in total. The van der Waals surface area contributed by atoms with Crippen LogP contribution in [0.25, 0.3) is 0 Å². The number of amides is 1. The minimum absolute atomic E-state index is 0.0123. The summed E-state index contributed by atoms with van der Waals surface area (Å²) in [5.74, 6) is 0.0496. The fourth-order valence-corrected chi connectivity index (χ4v) is 3.69. The maximum Gasteiger partial charge on any atom is 0.254 e. The molecule has 130 valence electrons. The van der Waals surface area contributed by atoms with Gasteiger partial charge in [0.1, 0.15) is 6.10 Å². The Morgan fingerprint density at radius 1 is 1.20 bits per heavy atom. The molecule has 1 amide bonds. The number of rotatable bonds is 4. The molecule has 0 aromatic carbocycles. The molecule has 2 fully saturated rings. The second kappa shape index (κ2) is 7.29. The van der Waals surface area contributed by atoms with Crippen molar-refractivity contribution >= 4 is 5.91 Å². The van der Waals surface area contributed by atoms with Crippen LogP contribution in [-0.2, 0) is 16.1 Å². The number of carbonyl (C=O) groups is 1. The van der Waals surface area contributed by atoms with Crippen LogP contribution < -0.4 is 0 Å². The molecular weight excluding hydrogens is 318 g/mol. The summed E-state index contributed by atoms with van der Waals surface area (Å²) in [5, 5.41) is 0. The van der Waals surface area contributed by atoms with Crippen LogP contribution in [-0.4, -0.2) is 52.2 Å². The lowest BCUT2D eigenvalue weighted by atomic mass is 10.1. The van der Waals surface area contributed by atoms with Crippen LogP contribution >= 0.6 is 0 Å². The predicted octanol–water partition coefficient (Wildman–Crippen LogP) is 2.07. The van der Waals surface area contributed by atoms with Gasteiger partial charge >= 0.3 is 0 Å². The van der Waals surface area contributed by atoms with Gasteiger partial charge in [0, 0.05) is 36.9 Å². The van der Waals surface area contributed by atoms with Gasteiger partial charge in [-0.15, -0.1) is 0 Å². The molecule has 2 aromatic rings. The molecule has 25 heavy (non-hydrogen) atoms. The summed E-state index contributed by atoms with van der Waals surface area (Å²) in [6.07, 6.45) is 8.62. The highest BCUT2D eigenvalue weighted by molar-refractivity contribution is 5.94. The average molecular weight is 339 g/mol. The molecule has 0 N–H and O–H groups in total. The molecule has 1 saturated heterocycles. The van der Waals surface area contributed by atoms with Gasteiger partial charge in [0.05, 0.1) is 25.4 Å².